The SMILES string of the molecule is COc1ccc2[nH]c3c(c2c1)CC(NC(=O)c1cc(Cl)ccc1Cl)C3. The molecule has 3 aromatic rings. The number of benzene rings is 2. The quantitative estimate of drug-likeness (QED) is 0.714. The molecular weight excluding hydrogens is 359 g/mol. The summed E-state index contributed by atoms with van der Waals surface area (Å²) < 4.78 is 5.31. The second kappa shape index (κ2) is 6.28. The first-order valence-corrected chi connectivity index (χ1v) is 8.74. The van der Waals surface area contributed by atoms with E-state index in [1.807, 2.05) is 18.2 Å². The van der Waals surface area contributed by atoms with Crippen LogP contribution in [0.1, 0.15) is 21.6 Å². The van der Waals surface area contributed by atoms with Gasteiger partial charge in [0.2, 0.25) is 0 Å². The lowest BCUT2D eigenvalue weighted by atomic mass is 10.1. The van der Waals surface area contributed by atoms with E-state index in [-0.39, 0.29) is 11.9 Å². The Morgan fingerprint density at radius 1 is 1.20 bits per heavy atom. The highest BCUT2D eigenvalue weighted by Crippen LogP contribution is 2.32. The van der Waals surface area contributed by atoms with Gasteiger partial charge in [-0.05, 0) is 48.4 Å². The predicted octanol–water partition coefficient (Wildman–Crippen LogP) is 4.38. The summed E-state index contributed by atoms with van der Waals surface area (Å²) >= 11 is 12.1. The fraction of sp³-hybridized carbons (Fsp3) is 0.211. The van der Waals surface area contributed by atoms with Gasteiger partial charge in [-0.25, -0.2) is 0 Å². The number of carbonyl (C=O) groups excluding carboxylic acids is 1. The van der Waals surface area contributed by atoms with Crippen LogP contribution in [-0.2, 0) is 12.8 Å². The molecule has 4 nitrogen and oxygen atoms in total. The minimum Gasteiger partial charge on any atom is -0.497 e. The Morgan fingerprint density at radius 3 is 2.84 bits per heavy atom. The number of fused-ring (bicyclic) bond motifs is 3. The lowest BCUT2D eigenvalue weighted by Crippen LogP contribution is -2.35. The van der Waals surface area contributed by atoms with Gasteiger partial charge in [0.05, 0.1) is 17.7 Å². The average Bonchev–Trinajstić information content (AvgIpc) is 3.13. The smallest absolute Gasteiger partial charge is 0.253 e. The summed E-state index contributed by atoms with van der Waals surface area (Å²) in [6.07, 6.45) is 1.53. The van der Waals surface area contributed by atoms with Gasteiger partial charge >= 0.3 is 0 Å². The zero-order valence-electron chi connectivity index (χ0n) is 13.5. The van der Waals surface area contributed by atoms with Gasteiger partial charge in [-0.1, -0.05) is 23.2 Å². The molecule has 1 aliphatic carbocycles. The third-order valence-electron chi connectivity index (χ3n) is 4.61. The maximum atomic E-state index is 12.5. The molecule has 1 aliphatic rings. The largest absolute Gasteiger partial charge is 0.497 e. The van der Waals surface area contributed by atoms with Crippen LogP contribution < -0.4 is 10.1 Å². The minimum atomic E-state index is -0.204. The fourth-order valence-corrected chi connectivity index (χ4v) is 3.79. The molecule has 0 spiro atoms. The van der Waals surface area contributed by atoms with Gasteiger partial charge in [-0.15, -0.1) is 0 Å². The number of hydrogen-bond acceptors (Lipinski definition) is 2. The van der Waals surface area contributed by atoms with Gasteiger partial charge in [0.15, 0.2) is 0 Å². The molecule has 4 rings (SSSR count). The molecular formula is C19H16Cl2N2O2. The molecule has 1 aromatic heterocycles. The third kappa shape index (κ3) is 2.96. The number of amides is 1. The van der Waals surface area contributed by atoms with Crippen molar-refractivity contribution in [3.63, 3.8) is 0 Å². The number of carbonyl (C=O) groups is 1. The van der Waals surface area contributed by atoms with E-state index in [0.29, 0.717) is 15.6 Å². The first-order chi connectivity index (χ1) is 12.0. The van der Waals surface area contributed by atoms with E-state index < -0.39 is 0 Å². The van der Waals surface area contributed by atoms with Crippen LogP contribution in [-0.4, -0.2) is 24.0 Å². The van der Waals surface area contributed by atoms with E-state index in [1.54, 1.807) is 25.3 Å². The summed E-state index contributed by atoms with van der Waals surface area (Å²) in [6, 6.07) is 10.9. The highest BCUT2D eigenvalue weighted by atomic mass is 35.5. The van der Waals surface area contributed by atoms with Gasteiger partial charge in [0.25, 0.3) is 5.91 Å². The molecule has 1 heterocycles. The van der Waals surface area contributed by atoms with E-state index in [0.717, 1.165) is 35.2 Å². The van der Waals surface area contributed by atoms with Crippen molar-refractivity contribution in [2.45, 2.75) is 18.9 Å². The molecule has 2 aromatic carbocycles. The van der Waals surface area contributed by atoms with Crippen LogP contribution in [0, 0.1) is 0 Å². The maximum absolute atomic E-state index is 12.5. The number of rotatable bonds is 3. The zero-order chi connectivity index (χ0) is 17.6. The fourth-order valence-electron chi connectivity index (χ4n) is 3.42. The molecule has 128 valence electrons. The molecule has 0 fully saturated rings. The Hall–Kier alpha value is -2.17. The molecule has 0 saturated heterocycles. The average molecular weight is 375 g/mol. The number of H-pyrrole nitrogens is 1. The molecule has 1 atom stereocenters. The van der Waals surface area contributed by atoms with Crippen LogP contribution >= 0.6 is 23.2 Å². The summed E-state index contributed by atoms with van der Waals surface area (Å²) in [7, 11) is 1.66. The van der Waals surface area contributed by atoms with E-state index >= 15 is 0 Å². The van der Waals surface area contributed by atoms with Crippen molar-refractivity contribution in [1.82, 2.24) is 10.3 Å². The molecule has 1 unspecified atom stereocenters. The Labute approximate surface area is 155 Å². The first-order valence-electron chi connectivity index (χ1n) is 7.98. The lowest BCUT2D eigenvalue weighted by molar-refractivity contribution is 0.0938. The number of halogens is 2. The van der Waals surface area contributed by atoms with Crippen LogP contribution in [0.2, 0.25) is 10.0 Å². The van der Waals surface area contributed by atoms with Crippen molar-refractivity contribution in [2.24, 2.45) is 0 Å². The summed E-state index contributed by atoms with van der Waals surface area (Å²) in [5.41, 5.74) is 3.88. The standard InChI is InChI=1S/C19H16Cl2N2O2/c1-25-12-3-5-17-14(9-12)13-7-11(8-18(13)23-17)22-19(24)15-6-10(20)2-4-16(15)21/h2-6,9,11,23H,7-8H2,1H3,(H,22,24). The van der Waals surface area contributed by atoms with Crippen LogP contribution in [0.15, 0.2) is 36.4 Å². The monoisotopic (exact) mass is 374 g/mol. The van der Waals surface area contributed by atoms with E-state index in [9.17, 15) is 4.79 Å². The van der Waals surface area contributed by atoms with Crippen molar-refractivity contribution >= 4 is 40.0 Å². The summed E-state index contributed by atoms with van der Waals surface area (Å²) in [6.45, 7) is 0. The highest BCUT2D eigenvalue weighted by molar-refractivity contribution is 6.35. The maximum Gasteiger partial charge on any atom is 0.253 e. The van der Waals surface area contributed by atoms with Crippen LogP contribution in [0.4, 0.5) is 0 Å². The first kappa shape index (κ1) is 16.3. The molecule has 2 N–H and O–H groups in total. The number of methoxy groups -OCH3 is 1. The van der Waals surface area contributed by atoms with Crippen LogP contribution in [0.3, 0.4) is 0 Å². The molecule has 1 amide bonds. The van der Waals surface area contributed by atoms with E-state index in [4.69, 9.17) is 27.9 Å². The van der Waals surface area contributed by atoms with E-state index in [1.165, 1.54) is 5.56 Å². The number of aromatic amines is 1. The highest BCUT2D eigenvalue weighted by Gasteiger charge is 2.27. The van der Waals surface area contributed by atoms with Crippen molar-refractivity contribution in [3.05, 3.63) is 63.3 Å². The van der Waals surface area contributed by atoms with Crippen LogP contribution in [0.5, 0.6) is 5.75 Å². The lowest BCUT2D eigenvalue weighted by Gasteiger charge is -2.13. The minimum absolute atomic E-state index is 0.0272. The van der Waals surface area contributed by atoms with Crippen molar-refractivity contribution in [1.29, 1.82) is 0 Å². The van der Waals surface area contributed by atoms with Gasteiger partial charge in [-0.2, -0.15) is 0 Å². The molecule has 0 aliphatic heterocycles. The molecule has 25 heavy (non-hydrogen) atoms. The van der Waals surface area contributed by atoms with Gasteiger partial charge in [-0.3, -0.25) is 4.79 Å². The molecule has 0 bridgehead atoms. The zero-order valence-corrected chi connectivity index (χ0v) is 15.0. The topological polar surface area (TPSA) is 54.1 Å². The second-order valence-corrected chi connectivity index (χ2v) is 7.04. The van der Waals surface area contributed by atoms with Crippen molar-refractivity contribution < 1.29 is 9.53 Å². The summed E-state index contributed by atoms with van der Waals surface area (Å²) in [5, 5.41) is 5.09. The second-order valence-electron chi connectivity index (χ2n) is 6.20. The van der Waals surface area contributed by atoms with Gasteiger partial charge in [0.1, 0.15) is 5.75 Å². The Bertz CT molecular complexity index is 981. The molecule has 0 radical (unpaired) electrons. The Kier molecular flexibility index (Phi) is 4.10. The molecule has 6 heteroatoms. The number of ether oxygens (including phenoxy) is 1. The normalized spacial score (nSPS) is 16.0. The van der Waals surface area contributed by atoms with E-state index in [2.05, 4.69) is 10.3 Å². The number of aromatic nitrogens is 1. The Morgan fingerprint density at radius 2 is 2.04 bits per heavy atom. The van der Waals surface area contributed by atoms with Gasteiger partial charge in [0, 0.05) is 34.1 Å². The Balaban J connectivity index is 1.55. The summed E-state index contributed by atoms with van der Waals surface area (Å²) in [5.74, 6) is 0.622. The van der Waals surface area contributed by atoms with Crippen molar-refractivity contribution in [2.75, 3.05) is 7.11 Å². The number of nitrogens with one attached hydrogen (secondary N) is 2. The number of hydrogen-bond donors (Lipinski definition) is 2. The third-order valence-corrected chi connectivity index (χ3v) is 5.18. The van der Waals surface area contributed by atoms with Crippen LogP contribution in [0.25, 0.3) is 10.9 Å². The predicted molar refractivity (Wildman–Crippen MR) is 100.0 cm³/mol. The van der Waals surface area contributed by atoms with Gasteiger partial charge < -0.3 is 15.0 Å². The molecule has 0 saturated carbocycles. The summed E-state index contributed by atoms with van der Waals surface area (Å²) in [4.78, 5) is 16.0. The van der Waals surface area contributed by atoms with Crippen molar-refractivity contribution in [3.8, 4) is 5.75 Å².